The summed E-state index contributed by atoms with van der Waals surface area (Å²) in [5.74, 6) is 0. The van der Waals surface area contributed by atoms with Crippen molar-refractivity contribution in [2.24, 2.45) is 5.41 Å². The normalized spacial score (nSPS) is 32.2. The maximum Gasteiger partial charge on any atom is 0.123 e. The molecule has 3 nitrogen and oxygen atoms in total. The molecule has 0 aliphatic carbocycles. The van der Waals surface area contributed by atoms with Crippen molar-refractivity contribution in [3.8, 4) is 0 Å². The Morgan fingerprint density at radius 2 is 2.15 bits per heavy atom. The van der Waals surface area contributed by atoms with Gasteiger partial charge in [-0.25, -0.2) is 0 Å². The Kier molecular flexibility index (Phi) is 1.75. The summed E-state index contributed by atoms with van der Waals surface area (Å²) in [6.45, 7) is 4.91. The van der Waals surface area contributed by atoms with Gasteiger partial charge in [-0.1, -0.05) is 13.8 Å². The maximum atomic E-state index is 10.4. The molecule has 2 heterocycles. The largest absolute Gasteiger partial charge is 0.472 e. The number of ether oxygens (including phenoxy) is 1. The van der Waals surface area contributed by atoms with E-state index in [9.17, 15) is 5.11 Å². The van der Waals surface area contributed by atoms with E-state index in [0.717, 1.165) is 5.56 Å². The molecule has 1 atom stereocenters. The quantitative estimate of drug-likeness (QED) is 0.716. The molecule has 72 valence electrons. The van der Waals surface area contributed by atoms with Gasteiger partial charge in [-0.05, 0) is 6.07 Å². The van der Waals surface area contributed by atoms with Crippen LogP contribution >= 0.6 is 0 Å². The molecule has 1 fully saturated rings. The zero-order valence-electron chi connectivity index (χ0n) is 7.91. The second-order valence-corrected chi connectivity index (χ2v) is 4.25. The molecule has 0 bridgehead atoms. The van der Waals surface area contributed by atoms with Crippen LogP contribution in [0.25, 0.3) is 0 Å². The van der Waals surface area contributed by atoms with Gasteiger partial charge in [0.15, 0.2) is 0 Å². The second-order valence-electron chi connectivity index (χ2n) is 4.25. The van der Waals surface area contributed by atoms with E-state index >= 15 is 0 Å². The summed E-state index contributed by atoms with van der Waals surface area (Å²) in [5.41, 5.74) is -0.355. The number of aliphatic hydroxyl groups is 1. The summed E-state index contributed by atoms with van der Waals surface area (Å²) >= 11 is 0. The molecule has 1 aromatic rings. The van der Waals surface area contributed by atoms with Gasteiger partial charge in [-0.3, -0.25) is 0 Å². The van der Waals surface area contributed by atoms with E-state index in [4.69, 9.17) is 9.15 Å². The van der Waals surface area contributed by atoms with Crippen LogP contribution in [0.15, 0.2) is 23.0 Å². The molecule has 1 aliphatic rings. The van der Waals surface area contributed by atoms with Crippen LogP contribution in [0.4, 0.5) is 0 Å². The first kappa shape index (κ1) is 8.78. The monoisotopic (exact) mass is 182 g/mol. The first-order valence-corrected chi connectivity index (χ1v) is 4.39. The van der Waals surface area contributed by atoms with Crippen LogP contribution in [0, 0.1) is 5.41 Å². The fourth-order valence-electron chi connectivity index (χ4n) is 1.74. The fourth-order valence-corrected chi connectivity index (χ4v) is 1.74. The van der Waals surface area contributed by atoms with Gasteiger partial charge in [0.05, 0.1) is 25.7 Å². The van der Waals surface area contributed by atoms with Crippen LogP contribution in [0.3, 0.4) is 0 Å². The summed E-state index contributed by atoms with van der Waals surface area (Å²) < 4.78 is 10.3. The highest BCUT2D eigenvalue weighted by molar-refractivity contribution is 5.21. The molecule has 1 aromatic heterocycles. The van der Waals surface area contributed by atoms with Crippen LogP contribution in [-0.2, 0) is 10.3 Å². The van der Waals surface area contributed by atoms with Crippen molar-refractivity contribution < 1.29 is 14.3 Å². The predicted octanol–water partition coefficient (Wildman–Crippen LogP) is 1.52. The average Bonchev–Trinajstić information content (AvgIpc) is 2.61. The summed E-state index contributed by atoms with van der Waals surface area (Å²) in [6, 6.07) is 1.79. The van der Waals surface area contributed by atoms with Gasteiger partial charge < -0.3 is 14.3 Å². The third kappa shape index (κ3) is 1.11. The van der Waals surface area contributed by atoms with E-state index in [1.807, 2.05) is 13.8 Å². The van der Waals surface area contributed by atoms with Gasteiger partial charge in [0.1, 0.15) is 5.60 Å². The highest BCUT2D eigenvalue weighted by atomic mass is 16.5. The van der Waals surface area contributed by atoms with E-state index < -0.39 is 5.60 Å². The Morgan fingerprint density at radius 1 is 1.38 bits per heavy atom. The molecule has 1 saturated heterocycles. The van der Waals surface area contributed by atoms with Crippen LogP contribution in [-0.4, -0.2) is 18.3 Å². The van der Waals surface area contributed by atoms with Crippen LogP contribution in [0.1, 0.15) is 19.4 Å². The molecular weight excluding hydrogens is 168 g/mol. The van der Waals surface area contributed by atoms with Crippen molar-refractivity contribution in [2.45, 2.75) is 19.4 Å². The molecule has 0 amide bonds. The molecule has 1 unspecified atom stereocenters. The topological polar surface area (TPSA) is 42.6 Å². The van der Waals surface area contributed by atoms with Gasteiger partial charge >= 0.3 is 0 Å². The Balaban J connectivity index is 2.40. The van der Waals surface area contributed by atoms with Crippen molar-refractivity contribution >= 4 is 0 Å². The van der Waals surface area contributed by atoms with Crippen LogP contribution in [0.5, 0.6) is 0 Å². The second kappa shape index (κ2) is 2.59. The van der Waals surface area contributed by atoms with E-state index in [0.29, 0.717) is 13.2 Å². The molecule has 0 radical (unpaired) electrons. The third-order valence-electron chi connectivity index (χ3n) is 2.89. The summed E-state index contributed by atoms with van der Waals surface area (Å²) in [7, 11) is 0. The average molecular weight is 182 g/mol. The molecule has 0 spiro atoms. The van der Waals surface area contributed by atoms with Crippen molar-refractivity contribution in [3.63, 3.8) is 0 Å². The standard InChI is InChI=1S/C10H14O3/c1-9(2)6-13-7-10(9,11)8-3-4-12-5-8/h3-5,11H,6-7H2,1-2H3. The smallest absolute Gasteiger partial charge is 0.123 e. The van der Waals surface area contributed by atoms with E-state index in [1.54, 1.807) is 18.6 Å². The van der Waals surface area contributed by atoms with E-state index in [2.05, 4.69) is 0 Å². The summed E-state index contributed by atoms with van der Waals surface area (Å²) in [5, 5.41) is 10.4. The highest BCUT2D eigenvalue weighted by Crippen LogP contribution is 2.44. The SMILES string of the molecule is CC1(C)COCC1(O)c1ccoc1. The molecule has 1 aliphatic heterocycles. The van der Waals surface area contributed by atoms with Gasteiger partial charge in [-0.2, -0.15) is 0 Å². The summed E-state index contributed by atoms with van der Waals surface area (Å²) in [6.07, 6.45) is 3.15. The molecule has 0 aromatic carbocycles. The van der Waals surface area contributed by atoms with Crippen LogP contribution in [0.2, 0.25) is 0 Å². The first-order valence-electron chi connectivity index (χ1n) is 4.39. The minimum atomic E-state index is -0.903. The lowest BCUT2D eigenvalue weighted by atomic mass is 9.74. The third-order valence-corrected chi connectivity index (χ3v) is 2.89. The highest BCUT2D eigenvalue weighted by Gasteiger charge is 2.50. The van der Waals surface area contributed by atoms with Crippen molar-refractivity contribution in [1.29, 1.82) is 0 Å². The lowest BCUT2D eigenvalue weighted by Gasteiger charge is -2.33. The molecule has 3 heteroatoms. The molecule has 2 rings (SSSR count). The fraction of sp³-hybridized carbons (Fsp3) is 0.600. The lowest BCUT2D eigenvalue weighted by molar-refractivity contribution is -0.0386. The van der Waals surface area contributed by atoms with E-state index in [1.165, 1.54) is 0 Å². The Morgan fingerprint density at radius 3 is 2.62 bits per heavy atom. The summed E-state index contributed by atoms with van der Waals surface area (Å²) in [4.78, 5) is 0. The van der Waals surface area contributed by atoms with Gasteiger partial charge in [0, 0.05) is 11.0 Å². The minimum absolute atomic E-state index is 0.253. The van der Waals surface area contributed by atoms with Crippen molar-refractivity contribution in [3.05, 3.63) is 24.2 Å². The van der Waals surface area contributed by atoms with Crippen molar-refractivity contribution in [2.75, 3.05) is 13.2 Å². The van der Waals surface area contributed by atoms with E-state index in [-0.39, 0.29) is 5.41 Å². The first-order chi connectivity index (χ1) is 6.06. The Labute approximate surface area is 77.3 Å². The Bertz CT molecular complexity index is 289. The molecular formula is C10H14O3. The maximum absolute atomic E-state index is 10.4. The van der Waals surface area contributed by atoms with Crippen LogP contribution < -0.4 is 0 Å². The zero-order valence-corrected chi connectivity index (χ0v) is 7.91. The predicted molar refractivity (Wildman–Crippen MR) is 47.2 cm³/mol. The number of furan rings is 1. The van der Waals surface area contributed by atoms with Crippen molar-refractivity contribution in [1.82, 2.24) is 0 Å². The molecule has 13 heavy (non-hydrogen) atoms. The number of rotatable bonds is 1. The minimum Gasteiger partial charge on any atom is -0.472 e. The van der Waals surface area contributed by atoms with Gasteiger partial charge in [0.2, 0.25) is 0 Å². The number of hydrogen-bond acceptors (Lipinski definition) is 3. The van der Waals surface area contributed by atoms with Gasteiger partial charge in [0.25, 0.3) is 0 Å². The Hall–Kier alpha value is -0.800. The lowest BCUT2D eigenvalue weighted by Crippen LogP contribution is -2.40. The molecule has 0 saturated carbocycles. The van der Waals surface area contributed by atoms with Gasteiger partial charge in [-0.15, -0.1) is 0 Å². The molecule has 1 N–H and O–H groups in total. The zero-order chi connectivity index (χ0) is 9.53. The number of hydrogen-bond donors (Lipinski definition) is 1.